The molecule has 1 heterocycles. The Morgan fingerprint density at radius 3 is 2.69 bits per heavy atom. The fourth-order valence-electron chi connectivity index (χ4n) is 1.77. The minimum atomic E-state index is 0.185. The average molecular weight is 172 g/mol. The zero-order valence-electron chi connectivity index (χ0n) is 7.40. The Labute approximate surface area is 78.2 Å². The molecule has 1 aliphatic rings. The van der Waals surface area contributed by atoms with Gasteiger partial charge in [0.1, 0.15) is 0 Å². The zero-order valence-corrected chi connectivity index (χ0v) is 7.40. The zero-order chi connectivity index (χ0) is 9.10. The molecule has 1 saturated heterocycles. The van der Waals surface area contributed by atoms with Gasteiger partial charge in [0, 0.05) is 12.6 Å². The summed E-state index contributed by atoms with van der Waals surface area (Å²) in [6.07, 6.45) is 0.945. The van der Waals surface area contributed by atoms with Crippen molar-refractivity contribution in [1.82, 2.24) is 5.32 Å². The molecule has 1 aliphatic heterocycles. The number of benzene rings is 1. The molecule has 1 N–H and O–H groups in total. The third-order valence-corrected chi connectivity index (χ3v) is 2.52. The first-order valence-corrected chi connectivity index (χ1v) is 4.58. The molecular weight excluding hydrogens is 160 g/mol. The van der Waals surface area contributed by atoms with Gasteiger partial charge in [0.15, 0.2) is 0 Å². The fourth-order valence-corrected chi connectivity index (χ4v) is 1.77. The topological polar surface area (TPSA) is 35.8 Å². The van der Waals surface area contributed by atoms with Gasteiger partial charge in [-0.2, -0.15) is 5.26 Å². The van der Waals surface area contributed by atoms with Gasteiger partial charge < -0.3 is 5.32 Å². The smallest absolute Gasteiger partial charge is 0.0669 e. The monoisotopic (exact) mass is 172 g/mol. The Hall–Kier alpha value is -1.33. The summed E-state index contributed by atoms with van der Waals surface area (Å²) in [5, 5.41) is 12.1. The molecule has 1 fully saturated rings. The normalized spacial score (nSPS) is 27.0. The largest absolute Gasteiger partial charge is 0.309 e. The summed E-state index contributed by atoms with van der Waals surface area (Å²) in [7, 11) is 0. The van der Waals surface area contributed by atoms with Crippen molar-refractivity contribution in [3.05, 3.63) is 35.9 Å². The maximum Gasteiger partial charge on any atom is 0.0669 e. The standard InChI is InChI=1S/C11H12N2/c12-7-9-6-11(13-8-9)10-4-2-1-3-5-10/h1-5,9,11,13H,6,8H2. The summed E-state index contributed by atoms with van der Waals surface area (Å²) < 4.78 is 0. The van der Waals surface area contributed by atoms with E-state index >= 15 is 0 Å². The van der Waals surface area contributed by atoms with Gasteiger partial charge in [-0.3, -0.25) is 0 Å². The van der Waals surface area contributed by atoms with E-state index in [9.17, 15) is 0 Å². The molecule has 2 nitrogen and oxygen atoms in total. The second-order valence-electron chi connectivity index (χ2n) is 3.43. The predicted molar refractivity (Wildman–Crippen MR) is 50.9 cm³/mol. The van der Waals surface area contributed by atoms with Crippen LogP contribution in [0.1, 0.15) is 18.0 Å². The van der Waals surface area contributed by atoms with Crippen LogP contribution in [0.2, 0.25) is 0 Å². The van der Waals surface area contributed by atoms with Crippen LogP contribution in [-0.4, -0.2) is 6.54 Å². The molecule has 0 amide bonds. The molecule has 0 aromatic heterocycles. The summed E-state index contributed by atoms with van der Waals surface area (Å²) >= 11 is 0. The van der Waals surface area contributed by atoms with E-state index in [1.54, 1.807) is 0 Å². The second kappa shape index (κ2) is 3.59. The van der Waals surface area contributed by atoms with Gasteiger partial charge in [-0.05, 0) is 12.0 Å². The van der Waals surface area contributed by atoms with Crippen molar-refractivity contribution >= 4 is 0 Å². The molecule has 2 atom stereocenters. The van der Waals surface area contributed by atoms with Gasteiger partial charge in [-0.1, -0.05) is 30.3 Å². The summed E-state index contributed by atoms with van der Waals surface area (Å²) in [4.78, 5) is 0. The Morgan fingerprint density at radius 1 is 1.31 bits per heavy atom. The van der Waals surface area contributed by atoms with Crippen LogP contribution in [-0.2, 0) is 0 Å². The molecule has 0 spiro atoms. The van der Waals surface area contributed by atoms with E-state index in [4.69, 9.17) is 5.26 Å². The molecule has 1 aromatic carbocycles. The Bertz CT molecular complexity index is 313. The minimum absolute atomic E-state index is 0.185. The predicted octanol–water partition coefficient (Wildman–Crippen LogP) is 1.86. The third-order valence-electron chi connectivity index (χ3n) is 2.52. The van der Waals surface area contributed by atoms with Crippen LogP contribution in [0.25, 0.3) is 0 Å². The lowest BCUT2D eigenvalue weighted by Crippen LogP contribution is -2.13. The Balaban J connectivity index is 2.09. The van der Waals surface area contributed by atoms with Crippen molar-refractivity contribution in [2.75, 3.05) is 6.54 Å². The van der Waals surface area contributed by atoms with Gasteiger partial charge in [0.05, 0.1) is 12.0 Å². The molecule has 0 saturated carbocycles. The number of rotatable bonds is 1. The molecule has 0 aliphatic carbocycles. The van der Waals surface area contributed by atoms with Crippen molar-refractivity contribution in [2.45, 2.75) is 12.5 Å². The van der Waals surface area contributed by atoms with Gasteiger partial charge >= 0.3 is 0 Å². The summed E-state index contributed by atoms with van der Waals surface area (Å²) in [6.45, 7) is 0.829. The fraction of sp³-hybridized carbons (Fsp3) is 0.364. The van der Waals surface area contributed by atoms with Gasteiger partial charge in [0.25, 0.3) is 0 Å². The number of nitrogens with zero attached hydrogens (tertiary/aromatic N) is 1. The molecule has 2 unspecified atom stereocenters. The van der Waals surface area contributed by atoms with Crippen molar-refractivity contribution in [1.29, 1.82) is 5.26 Å². The number of hydrogen-bond donors (Lipinski definition) is 1. The van der Waals surface area contributed by atoms with Crippen LogP contribution in [0, 0.1) is 17.2 Å². The quantitative estimate of drug-likeness (QED) is 0.701. The molecular formula is C11H12N2. The van der Waals surface area contributed by atoms with E-state index in [-0.39, 0.29) is 5.92 Å². The lowest BCUT2D eigenvalue weighted by Gasteiger charge is -2.08. The van der Waals surface area contributed by atoms with Gasteiger partial charge in [-0.15, -0.1) is 0 Å². The summed E-state index contributed by atoms with van der Waals surface area (Å²) in [5.74, 6) is 0.185. The summed E-state index contributed by atoms with van der Waals surface area (Å²) in [6, 6.07) is 13.0. The van der Waals surface area contributed by atoms with E-state index in [0.29, 0.717) is 6.04 Å². The second-order valence-corrected chi connectivity index (χ2v) is 3.43. The first-order valence-electron chi connectivity index (χ1n) is 4.58. The number of nitriles is 1. The first kappa shape index (κ1) is 8.28. The molecule has 2 rings (SSSR count). The lowest BCUT2D eigenvalue weighted by atomic mass is 10.0. The highest BCUT2D eigenvalue weighted by Gasteiger charge is 2.24. The van der Waals surface area contributed by atoms with E-state index in [0.717, 1.165) is 13.0 Å². The van der Waals surface area contributed by atoms with Crippen molar-refractivity contribution in [2.24, 2.45) is 5.92 Å². The molecule has 13 heavy (non-hydrogen) atoms. The average Bonchev–Trinajstić information content (AvgIpc) is 2.67. The third kappa shape index (κ3) is 1.71. The highest BCUT2D eigenvalue weighted by Crippen LogP contribution is 2.26. The van der Waals surface area contributed by atoms with Crippen LogP contribution in [0.15, 0.2) is 30.3 Å². The molecule has 0 radical (unpaired) electrons. The highest BCUT2D eigenvalue weighted by atomic mass is 14.9. The molecule has 66 valence electrons. The van der Waals surface area contributed by atoms with Crippen molar-refractivity contribution in [3.63, 3.8) is 0 Å². The maximum atomic E-state index is 8.74. The van der Waals surface area contributed by atoms with Crippen LogP contribution in [0.4, 0.5) is 0 Å². The van der Waals surface area contributed by atoms with Crippen LogP contribution >= 0.6 is 0 Å². The van der Waals surface area contributed by atoms with Crippen LogP contribution < -0.4 is 5.32 Å². The van der Waals surface area contributed by atoms with E-state index in [1.165, 1.54) is 5.56 Å². The molecule has 1 aromatic rings. The van der Waals surface area contributed by atoms with Gasteiger partial charge in [-0.25, -0.2) is 0 Å². The van der Waals surface area contributed by atoms with E-state index in [1.807, 2.05) is 18.2 Å². The van der Waals surface area contributed by atoms with E-state index in [2.05, 4.69) is 23.5 Å². The van der Waals surface area contributed by atoms with Crippen LogP contribution in [0.3, 0.4) is 0 Å². The lowest BCUT2D eigenvalue weighted by molar-refractivity contribution is 0.639. The summed E-state index contributed by atoms with van der Waals surface area (Å²) in [5.41, 5.74) is 1.29. The maximum absolute atomic E-state index is 8.74. The number of nitrogens with one attached hydrogen (secondary N) is 1. The number of hydrogen-bond acceptors (Lipinski definition) is 2. The molecule has 2 heteroatoms. The Kier molecular flexibility index (Phi) is 2.29. The van der Waals surface area contributed by atoms with Crippen molar-refractivity contribution < 1.29 is 0 Å². The van der Waals surface area contributed by atoms with Crippen molar-refractivity contribution in [3.8, 4) is 6.07 Å². The first-order chi connectivity index (χ1) is 6.40. The van der Waals surface area contributed by atoms with Crippen LogP contribution in [0.5, 0.6) is 0 Å². The SMILES string of the molecule is N#CC1CNC(c2ccccc2)C1. The minimum Gasteiger partial charge on any atom is -0.309 e. The van der Waals surface area contributed by atoms with E-state index < -0.39 is 0 Å². The van der Waals surface area contributed by atoms with Gasteiger partial charge in [0.2, 0.25) is 0 Å². The molecule has 0 bridgehead atoms. The highest BCUT2D eigenvalue weighted by molar-refractivity contribution is 5.20. The Morgan fingerprint density at radius 2 is 2.08 bits per heavy atom.